The van der Waals surface area contributed by atoms with Gasteiger partial charge < -0.3 is 0 Å². The Bertz CT molecular complexity index is 1150. The summed E-state index contributed by atoms with van der Waals surface area (Å²) in [4.78, 5) is 0. The standard InChI is InChI=1S/C29H26/c1-3-29(4-2)26-18-12-11-17-24(26)25-20-19-23(21-13-7-5-8-14-21)27(28(25)29)22-15-9-6-10-16-22/h5-20H,3-4H2,1-2H3. The van der Waals surface area contributed by atoms with Gasteiger partial charge in [0.2, 0.25) is 0 Å². The Kier molecular flexibility index (Phi) is 4.36. The van der Waals surface area contributed by atoms with Gasteiger partial charge in [0.1, 0.15) is 0 Å². The maximum Gasteiger partial charge on any atom is 0.0216 e. The van der Waals surface area contributed by atoms with Crippen molar-refractivity contribution in [2.75, 3.05) is 0 Å². The van der Waals surface area contributed by atoms with Gasteiger partial charge in [0, 0.05) is 5.41 Å². The van der Waals surface area contributed by atoms with Crippen LogP contribution in [0.2, 0.25) is 0 Å². The van der Waals surface area contributed by atoms with Crippen LogP contribution in [0.1, 0.15) is 37.8 Å². The summed E-state index contributed by atoms with van der Waals surface area (Å²) >= 11 is 0. The third-order valence-electron chi connectivity index (χ3n) is 6.77. The molecular weight excluding hydrogens is 348 g/mol. The average Bonchev–Trinajstić information content (AvgIpc) is 3.10. The summed E-state index contributed by atoms with van der Waals surface area (Å²) in [7, 11) is 0. The lowest BCUT2D eigenvalue weighted by atomic mass is 9.70. The molecule has 0 spiro atoms. The van der Waals surface area contributed by atoms with Crippen molar-refractivity contribution in [2.45, 2.75) is 32.1 Å². The van der Waals surface area contributed by atoms with Crippen LogP contribution in [0.25, 0.3) is 33.4 Å². The highest BCUT2D eigenvalue weighted by atomic mass is 14.4. The lowest BCUT2D eigenvalue weighted by molar-refractivity contribution is 0.492. The van der Waals surface area contributed by atoms with E-state index < -0.39 is 0 Å². The molecule has 0 amide bonds. The second-order valence-corrected chi connectivity index (χ2v) is 7.98. The fourth-order valence-corrected chi connectivity index (χ4v) is 5.34. The Morgan fingerprint density at radius 1 is 0.517 bits per heavy atom. The smallest absolute Gasteiger partial charge is 0.0216 e. The summed E-state index contributed by atoms with van der Waals surface area (Å²) in [5.74, 6) is 0. The quantitative estimate of drug-likeness (QED) is 0.338. The molecule has 0 bridgehead atoms. The molecule has 29 heavy (non-hydrogen) atoms. The van der Waals surface area contributed by atoms with E-state index in [1.807, 2.05) is 0 Å². The van der Waals surface area contributed by atoms with Gasteiger partial charge >= 0.3 is 0 Å². The van der Waals surface area contributed by atoms with Gasteiger partial charge in [-0.3, -0.25) is 0 Å². The molecule has 142 valence electrons. The molecule has 0 aliphatic heterocycles. The van der Waals surface area contributed by atoms with E-state index in [-0.39, 0.29) is 5.41 Å². The van der Waals surface area contributed by atoms with E-state index in [2.05, 4.69) is 111 Å². The van der Waals surface area contributed by atoms with Crippen molar-refractivity contribution in [2.24, 2.45) is 0 Å². The molecule has 0 radical (unpaired) electrons. The number of hydrogen-bond acceptors (Lipinski definition) is 0. The zero-order valence-corrected chi connectivity index (χ0v) is 17.2. The minimum atomic E-state index is 0.0574. The van der Waals surface area contributed by atoms with Gasteiger partial charge in [-0.1, -0.05) is 111 Å². The second kappa shape index (κ2) is 7.04. The fourth-order valence-electron chi connectivity index (χ4n) is 5.34. The van der Waals surface area contributed by atoms with Gasteiger partial charge in [-0.15, -0.1) is 0 Å². The number of hydrogen-bond donors (Lipinski definition) is 0. The zero-order chi connectivity index (χ0) is 19.8. The van der Waals surface area contributed by atoms with Crippen LogP contribution in [0.15, 0.2) is 97.1 Å². The van der Waals surface area contributed by atoms with E-state index >= 15 is 0 Å². The van der Waals surface area contributed by atoms with Crippen molar-refractivity contribution < 1.29 is 0 Å². The molecule has 1 aliphatic rings. The summed E-state index contributed by atoms with van der Waals surface area (Å²) in [5.41, 5.74) is 11.2. The van der Waals surface area contributed by atoms with Gasteiger partial charge in [0.25, 0.3) is 0 Å². The van der Waals surface area contributed by atoms with Crippen molar-refractivity contribution in [1.29, 1.82) is 0 Å². The fraction of sp³-hybridized carbons (Fsp3) is 0.172. The molecule has 0 heterocycles. The van der Waals surface area contributed by atoms with Crippen molar-refractivity contribution >= 4 is 0 Å². The van der Waals surface area contributed by atoms with Gasteiger partial charge in [-0.25, -0.2) is 0 Å². The first kappa shape index (κ1) is 17.9. The van der Waals surface area contributed by atoms with Crippen molar-refractivity contribution in [3.8, 4) is 33.4 Å². The number of fused-ring (bicyclic) bond motifs is 3. The molecule has 4 aromatic carbocycles. The predicted molar refractivity (Wildman–Crippen MR) is 124 cm³/mol. The lowest BCUT2D eigenvalue weighted by Crippen LogP contribution is -2.24. The molecule has 0 atom stereocenters. The Labute approximate surface area is 173 Å². The molecule has 0 fully saturated rings. The largest absolute Gasteiger partial charge is 0.0642 e. The first-order valence-electron chi connectivity index (χ1n) is 10.7. The molecule has 0 heteroatoms. The molecule has 0 nitrogen and oxygen atoms in total. The molecule has 0 N–H and O–H groups in total. The normalized spacial score (nSPS) is 13.7. The van der Waals surface area contributed by atoms with Crippen LogP contribution in [0, 0.1) is 0 Å². The third kappa shape index (κ3) is 2.59. The van der Waals surface area contributed by atoms with Crippen LogP contribution in [-0.4, -0.2) is 0 Å². The van der Waals surface area contributed by atoms with Crippen molar-refractivity contribution in [3.63, 3.8) is 0 Å². The number of benzene rings is 4. The Hall–Kier alpha value is -3.12. The second-order valence-electron chi connectivity index (χ2n) is 7.98. The zero-order valence-electron chi connectivity index (χ0n) is 17.2. The van der Waals surface area contributed by atoms with Gasteiger partial charge in [-0.2, -0.15) is 0 Å². The highest BCUT2D eigenvalue weighted by Crippen LogP contribution is 2.57. The van der Waals surface area contributed by atoms with E-state index in [0.29, 0.717) is 0 Å². The maximum absolute atomic E-state index is 2.36. The topological polar surface area (TPSA) is 0 Å². The Morgan fingerprint density at radius 2 is 1.07 bits per heavy atom. The van der Waals surface area contributed by atoms with Gasteiger partial charge in [0.05, 0.1) is 0 Å². The van der Waals surface area contributed by atoms with E-state index in [4.69, 9.17) is 0 Å². The third-order valence-corrected chi connectivity index (χ3v) is 6.77. The van der Waals surface area contributed by atoms with Gasteiger partial charge in [0.15, 0.2) is 0 Å². The summed E-state index contributed by atoms with van der Waals surface area (Å²) in [6.45, 7) is 4.69. The first-order valence-corrected chi connectivity index (χ1v) is 10.7. The van der Waals surface area contributed by atoms with Gasteiger partial charge in [-0.05, 0) is 57.3 Å². The van der Waals surface area contributed by atoms with Crippen LogP contribution in [0.3, 0.4) is 0 Å². The molecule has 0 unspecified atom stereocenters. The molecular formula is C29H26. The number of rotatable bonds is 4. The van der Waals surface area contributed by atoms with Crippen molar-refractivity contribution in [3.05, 3.63) is 108 Å². The van der Waals surface area contributed by atoms with Crippen LogP contribution >= 0.6 is 0 Å². The minimum Gasteiger partial charge on any atom is -0.0642 e. The van der Waals surface area contributed by atoms with Crippen LogP contribution in [0.4, 0.5) is 0 Å². The predicted octanol–water partition coefficient (Wildman–Crippen LogP) is 8.11. The SMILES string of the molecule is CCC1(CC)c2ccccc2-c2ccc(-c3ccccc3)c(-c3ccccc3)c21. The first-order chi connectivity index (χ1) is 14.3. The van der Waals surface area contributed by atoms with Crippen LogP contribution in [-0.2, 0) is 5.41 Å². The summed E-state index contributed by atoms with van der Waals surface area (Å²) in [5, 5.41) is 0. The van der Waals surface area contributed by atoms with E-state index in [9.17, 15) is 0 Å². The summed E-state index contributed by atoms with van der Waals surface area (Å²) < 4.78 is 0. The highest BCUT2D eigenvalue weighted by molar-refractivity contribution is 5.95. The lowest BCUT2D eigenvalue weighted by Gasteiger charge is -2.32. The molecule has 1 aliphatic carbocycles. The average molecular weight is 375 g/mol. The molecule has 5 rings (SSSR count). The van der Waals surface area contributed by atoms with Crippen molar-refractivity contribution in [1.82, 2.24) is 0 Å². The van der Waals surface area contributed by atoms with Crippen LogP contribution < -0.4 is 0 Å². The molecule has 4 aromatic rings. The summed E-state index contributed by atoms with van der Waals surface area (Å²) in [6, 6.07) is 35.5. The Balaban J connectivity index is 1.93. The molecule has 0 saturated carbocycles. The Morgan fingerprint density at radius 3 is 1.72 bits per heavy atom. The van der Waals surface area contributed by atoms with E-state index in [1.165, 1.54) is 44.5 Å². The van der Waals surface area contributed by atoms with E-state index in [0.717, 1.165) is 12.8 Å². The summed E-state index contributed by atoms with van der Waals surface area (Å²) in [6.07, 6.45) is 2.21. The highest BCUT2D eigenvalue weighted by Gasteiger charge is 2.42. The van der Waals surface area contributed by atoms with Crippen LogP contribution in [0.5, 0.6) is 0 Å². The minimum absolute atomic E-state index is 0.0574. The molecule has 0 aromatic heterocycles. The van der Waals surface area contributed by atoms with E-state index in [1.54, 1.807) is 0 Å². The maximum atomic E-state index is 2.36. The monoisotopic (exact) mass is 374 g/mol. The molecule has 0 saturated heterocycles.